The number of rotatable bonds is 3. The van der Waals surface area contributed by atoms with Gasteiger partial charge in [0, 0.05) is 21.9 Å². The number of pyridine rings is 1. The van der Waals surface area contributed by atoms with Crippen LogP contribution >= 0.6 is 15.9 Å². The summed E-state index contributed by atoms with van der Waals surface area (Å²) < 4.78 is 3.25. The first-order valence-electron chi connectivity index (χ1n) is 5.99. The Morgan fingerprint density at radius 2 is 2.24 bits per heavy atom. The van der Waals surface area contributed by atoms with E-state index < -0.39 is 0 Å². The number of aromatic nitrogens is 2. The minimum atomic E-state index is 0.114. The molecule has 2 aromatic heterocycles. The fraction of sp³-hybridized carbons (Fsp3) is 0.462. The second-order valence-electron chi connectivity index (χ2n) is 5.08. The van der Waals surface area contributed by atoms with Gasteiger partial charge in [-0.3, -0.25) is 0 Å². The van der Waals surface area contributed by atoms with Crippen LogP contribution in [-0.4, -0.2) is 14.9 Å². The molecule has 0 amide bonds. The van der Waals surface area contributed by atoms with Crippen LogP contribution in [0.3, 0.4) is 0 Å². The minimum Gasteiger partial charge on any atom is -0.325 e. The third-order valence-corrected chi connectivity index (χ3v) is 4.10. The van der Waals surface area contributed by atoms with E-state index in [2.05, 4.69) is 38.4 Å². The van der Waals surface area contributed by atoms with Crippen molar-refractivity contribution >= 4 is 21.6 Å². The Balaban J connectivity index is 1.96. The molecule has 3 nitrogen and oxygen atoms in total. The van der Waals surface area contributed by atoms with E-state index in [0.29, 0.717) is 0 Å². The van der Waals surface area contributed by atoms with Crippen molar-refractivity contribution in [1.29, 1.82) is 0 Å². The zero-order valence-electron chi connectivity index (χ0n) is 9.91. The highest BCUT2D eigenvalue weighted by atomic mass is 79.9. The molecule has 1 fully saturated rings. The second-order valence-corrected chi connectivity index (χ2v) is 6.00. The van der Waals surface area contributed by atoms with Gasteiger partial charge in [0.2, 0.25) is 0 Å². The summed E-state index contributed by atoms with van der Waals surface area (Å²) in [5, 5.41) is 0. The predicted octanol–water partition coefficient (Wildman–Crippen LogP) is 2.83. The van der Waals surface area contributed by atoms with E-state index in [1.54, 1.807) is 0 Å². The molecule has 0 bridgehead atoms. The summed E-state index contributed by atoms with van der Waals surface area (Å²) in [7, 11) is 0. The third-order valence-electron chi connectivity index (χ3n) is 3.63. The van der Waals surface area contributed by atoms with E-state index >= 15 is 0 Å². The zero-order valence-corrected chi connectivity index (χ0v) is 11.5. The molecule has 1 aliphatic carbocycles. The van der Waals surface area contributed by atoms with Crippen LogP contribution in [0.5, 0.6) is 0 Å². The van der Waals surface area contributed by atoms with Gasteiger partial charge >= 0.3 is 0 Å². The summed E-state index contributed by atoms with van der Waals surface area (Å²) >= 11 is 3.51. The molecule has 0 saturated heterocycles. The first kappa shape index (κ1) is 11.2. The molecule has 0 aliphatic heterocycles. The minimum absolute atomic E-state index is 0.114. The average Bonchev–Trinajstić information content (AvgIpc) is 2.92. The third kappa shape index (κ3) is 2.11. The molecule has 4 heteroatoms. The van der Waals surface area contributed by atoms with Gasteiger partial charge in [0.1, 0.15) is 5.65 Å². The van der Waals surface area contributed by atoms with E-state index in [9.17, 15) is 0 Å². The Kier molecular flexibility index (Phi) is 2.52. The van der Waals surface area contributed by atoms with Crippen molar-refractivity contribution in [3.05, 3.63) is 34.2 Å². The number of halogens is 1. The molecule has 1 saturated carbocycles. The van der Waals surface area contributed by atoms with Crippen molar-refractivity contribution < 1.29 is 0 Å². The zero-order chi connectivity index (χ0) is 12.0. The van der Waals surface area contributed by atoms with Crippen LogP contribution in [-0.2, 0) is 6.42 Å². The Hall–Kier alpha value is -0.870. The topological polar surface area (TPSA) is 43.3 Å². The van der Waals surface area contributed by atoms with Gasteiger partial charge in [-0.25, -0.2) is 4.98 Å². The van der Waals surface area contributed by atoms with Gasteiger partial charge in [-0.1, -0.05) is 0 Å². The fourth-order valence-corrected chi connectivity index (χ4v) is 2.60. The first-order chi connectivity index (χ1) is 8.07. The number of fused-ring (bicyclic) bond motifs is 1. The van der Waals surface area contributed by atoms with Crippen LogP contribution in [0.15, 0.2) is 22.8 Å². The summed E-state index contributed by atoms with van der Waals surface area (Å²) in [5.41, 5.74) is 9.69. The van der Waals surface area contributed by atoms with Crippen molar-refractivity contribution in [2.45, 2.75) is 38.1 Å². The SMILES string of the molecule is Cc1nc2ccc(Br)cn2c1CCC1(N)CC1. The van der Waals surface area contributed by atoms with Gasteiger partial charge in [0.25, 0.3) is 0 Å². The lowest BCUT2D eigenvalue weighted by Gasteiger charge is -2.08. The van der Waals surface area contributed by atoms with E-state index in [4.69, 9.17) is 5.73 Å². The molecule has 0 spiro atoms. The van der Waals surface area contributed by atoms with Crippen molar-refractivity contribution in [3.8, 4) is 0 Å². The lowest BCUT2D eigenvalue weighted by atomic mass is 10.1. The Labute approximate surface area is 109 Å². The summed E-state index contributed by atoms with van der Waals surface area (Å²) in [4.78, 5) is 4.58. The predicted molar refractivity (Wildman–Crippen MR) is 72.1 cm³/mol. The number of nitrogens with two attached hydrogens (primary N) is 1. The van der Waals surface area contributed by atoms with Crippen LogP contribution in [0, 0.1) is 6.92 Å². The van der Waals surface area contributed by atoms with Gasteiger partial charge in [-0.05, 0) is 60.7 Å². The number of imidazole rings is 1. The lowest BCUT2D eigenvalue weighted by Crippen LogP contribution is -2.22. The Bertz CT molecular complexity index is 569. The Morgan fingerprint density at radius 3 is 2.94 bits per heavy atom. The van der Waals surface area contributed by atoms with E-state index in [0.717, 1.165) is 28.7 Å². The molecule has 0 unspecified atom stereocenters. The number of hydrogen-bond donors (Lipinski definition) is 1. The number of hydrogen-bond acceptors (Lipinski definition) is 2. The summed E-state index contributed by atoms with van der Waals surface area (Å²) in [6, 6.07) is 4.06. The molecule has 2 N–H and O–H groups in total. The van der Waals surface area contributed by atoms with Crippen LogP contribution in [0.25, 0.3) is 5.65 Å². The molecular formula is C13H16BrN3. The maximum Gasteiger partial charge on any atom is 0.137 e. The van der Waals surface area contributed by atoms with Crippen LogP contribution < -0.4 is 5.73 Å². The molecule has 90 valence electrons. The fourth-order valence-electron chi connectivity index (χ4n) is 2.26. The van der Waals surface area contributed by atoms with Gasteiger partial charge in [0.05, 0.1) is 5.69 Å². The largest absolute Gasteiger partial charge is 0.325 e. The molecule has 0 aromatic carbocycles. The summed E-state index contributed by atoms with van der Waals surface area (Å²) in [6.07, 6.45) is 6.51. The summed E-state index contributed by atoms with van der Waals surface area (Å²) in [6.45, 7) is 2.08. The van der Waals surface area contributed by atoms with Gasteiger partial charge in [-0.15, -0.1) is 0 Å². The van der Waals surface area contributed by atoms with Crippen molar-refractivity contribution in [1.82, 2.24) is 9.38 Å². The van der Waals surface area contributed by atoms with Gasteiger partial charge < -0.3 is 10.1 Å². The quantitative estimate of drug-likeness (QED) is 0.946. The van der Waals surface area contributed by atoms with Gasteiger partial charge in [0.15, 0.2) is 0 Å². The van der Waals surface area contributed by atoms with E-state index in [-0.39, 0.29) is 5.54 Å². The molecule has 3 rings (SSSR count). The first-order valence-corrected chi connectivity index (χ1v) is 6.79. The standard InChI is InChI=1S/C13H16BrN3/c1-9-11(4-5-13(15)6-7-13)17-8-10(14)2-3-12(17)16-9/h2-3,8H,4-7,15H2,1H3. The molecule has 17 heavy (non-hydrogen) atoms. The normalized spacial score (nSPS) is 17.6. The van der Waals surface area contributed by atoms with Crippen molar-refractivity contribution in [2.24, 2.45) is 5.73 Å². The average molecular weight is 294 g/mol. The lowest BCUT2D eigenvalue weighted by molar-refractivity contribution is 0.600. The van der Waals surface area contributed by atoms with Crippen LogP contribution in [0.4, 0.5) is 0 Å². The Morgan fingerprint density at radius 1 is 1.47 bits per heavy atom. The molecule has 1 aliphatic rings. The van der Waals surface area contributed by atoms with Crippen molar-refractivity contribution in [2.75, 3.05) is 0 Å². The maximum atomic E-state index is 6.15. The molecule has 0 atom stereocenters. The molecule has 0 radical (unpaired) electrons. The monoisotopic (exact) mass is 293 g/mol. The molecule has 2 aromatic rings. The van der Waals surface area contributed by atoms with Crippen LogP contribution in [0.1, 0.15) is 30.7 Å². The second kappa shape index (κ2) is 3.82. The highest BCUT2D eigenvalue weighted by Gasteiger charge is 2.37. The number of nitrogens with zero attached hydrogens (tertiary/aromatic N) is 2. The van der Waals surface area contributed by atoms with Crippen LogP contribution in [0.2, 0.25) is 0 Å². The van der Waals surface area contributed by atoms with Crippen molar-refractivity contribution in [3.63, 3.8) is 0 Å². The summed E-state index contributed by atoms with van der Waals surface area (Å²) in [5.74, 6) is 0. The number of aryl methyl sites for hydroxylation is 2. The van der Waals surface area contributed by atoms with E-state index in [1.165, 1.54) is 18.5 Å². The van der Waals surface area contributed by atoms with Gasteiger partial charge in [-0.2, -0.15) is 0 Å². The highest BCUT2D eigenvalue weighted by molar-refractivity contribution is 9.10. The molecule has 2 heterocycles. The smallest absolute Gasteiger partial charge is 0.137 e. The molecular weight excluding hydrogens is 278 g/mol. The highest BCUT2D eigenvalue weighted by Crippen LogP contribution is 2.36. The van der Waals surface area contributed by atoms with E-state index in [1.807, 2.05) is 12.1 Å². The maximum absolute atomic E-state index is 6.15.